The van der Waals surface area contributed by atoms with Crippen LogP contribution >= 0.6 is 46.0 Å². The molecule has 36 heavy (non-hydrogen) atoms. The highest BCUT2D eigenvalue weighted by atomic mass is 127. The lowest BCUT2D eigenvalue weighted by molar-refractivity contribution is -0.122. The summed E-state index contributed by atoms with van der Waals surface area (Å²) in [6.07, 6.45) is 3.49. The van der Waals surface area contributed by atoms with Gasteiger partial charge >= 0.3 is 0 Å². The van der Waals surface area contributed by atoms with Crippen LogP contribution in [0.3, 0.4) is 0 Å². The molecule has 0 bridgehead atoms. The smallest absolute Gasteiger partial charge is 0.267 e. The van der Waals surface area contributed by atoms with Crippen molar-refractivity contribution >= 4 is 68.8 Å². The van der Waals surface area contributed by atoms with Gasteiger partial charge in [-0.05, 0) is 100 Å². The molecule has 1 amide bonds. The Balaban J connectivity index is 1.36. The van der Waals surface area contributed by atoms with E-state index in [4.69, 9.17) is 25.7 Å². The van der Waals surface area contributed by atoms with E-state index < -0.39 is 0 Å². The number of hydrogen-bond acceptors (Lipinski definition) is 5. The van der Waals surface area contributed by atoms with E-state index in [1.807, 2.05) is 91.0 Å². The predicted octanol–water partition coefficient (Wildman–Crippen LogP) is 7.92. The molecular weight excluding hydrogens is 607 g/mol. The van der Waals surface area contributed by atoms with Crippen molar-refractivity contribution in [2.75, 3.05) is 0 Å². The average molecular weight is 627 g/mol. The fraction of sp³-hybridized carbons (Fsp3) is 0.0714. The second kappa shape index (κ2) is 11.4. The number of rotatable bonds is 7. The molecule has 0 aliphatic carbocycles. The van der Waals surface area contributed by atoms with Crippen LogP contribution in [0.2, 0.25) is 5.02 Å². The molecule has 0 N–H and O–H groups in total. The van der Waals surface area contributed by atoms with Crippen molar-refractivity contribution in [2.24, 2.45) is 4.99 Å². The lowest BCUT2D eigenvalue weighted by Crippen LogP contribution is -2.28. The Kier molecular flexibility index (Phi) is 7.79. The fourth-order valence-corrected chi connectivity index (χ4v) is 5.34. The van der Waals surface area contributed by atoms with E-state index in [1.54, 1.807) is 11.2 Å². The molecule has 1 aromatic heterocycles. The predicted molar refractivity (Wildman–Crippen MR) is 153 cm³/mol. The van der Waals surface area contributed by atoms with Crippen LogP contribution in [0.1, 0.15) is 16.9 Å². The molecule has 5 rings (SSSR count). The molecule has 0 saturated carbocycles. The number of amides is 1. The minimum absolute atomic E-state index is 0.107. The molecule has 1 fully saturated rings. The zero-order valence-corrected chi connectivity index (χ0v) is 22.7. The molecule has 0 spiro atoms. The van der Waals surface area contributed by atoms with Crippen molar-refractivity contribution in [1.82, 2.24) is 4.90 Å². The summed E-state index contributed by atoms with van der Waals surface area (Å²) in [6.45, 7) is 0.764. The summed E-state index contributed by atoms with van der Waals surface area (Å²) in [6, 6.07) is 26.7. The summed E-state index contributed by atoms with van der Waals surface area (Å²) >= 11 is 9.57. The first-order valence-electron chi connectivity index (χ1n) is 11.1. The van der Waals surface area contributed by atoms with Crippen molar-refractivity contribution < 1.29 is 13.9 Å². The van der Waals surface area contributed by atoms with Crippen LogP contribution in [0.15, 0.2) is 106 Å². The summed E-state index contributed by atoms with van der Waals surface area (Å²) in [7, 11) is 0. The number of carbonyl (C=O) groups excluding carboxylic acids is 1. The third-order valence-corrected chi connectivity index (χ3v) is 7.43. The molecule has 1 saturated heterocycles. The van der Waals surface area contributed by atoms with Crippen molar-refractivity contribution in [3.8, 4) is 5.75 Å². The third kappa shape index (κ3) is 6.03. The van der Waals surface area contributed by atoms with Crippen LogP contribution in [0.5, 0.6) is 5.75 Å². The first kappa shape index (κ1) is 24.7. The summed E-state index contributed by atoms with van der Waals surface area (Å²) < 4.78 is 12.4. The van der Waals surface area contributed by atoms with Gasteiger partial charge in [0.25, 0.3) is 5.91 Å². The molecule has 0 unspecified atom stereocenters. The van der Waals surface area contributed by atoms with E-state index in [-0.39, 0.29) is 5.91 Å². The maximum absolute atomic E-state index is 13.4. The van der Waals surface area contributed by atoms with Gasteiger partial charge in [0.2, 0.25) is 0 Å². The van der Waals surface area contributed by atoms with Crippen molar-refractivity contribution in [3.63, 3.8) is 0 Å². The quantitative estimate of drug-likeness (QED) is 0.155. The maximum Gasteiger partial charge on any atom is 0.267 e. The van der Waals surface area contributed by atoms with Crippen LogP contribution in [0.4, 0.5) is 5.69 Å². The summed E-state index contributed by atoms with van der Waals surface area (Å²) in [5.41, 5.74) is 2.74. The number of ether oxygens (including phenoxy) is 1. The highest BCUT2D eigenvalue weighted by Gasteiger charge is 2.34. The van der Waals surface area contributed by atoms with Crippen LogP contribution in [0.25, 0.3) is 6.08 Å². The largest absolute Gasteiger partial charge is 0.488 e. The van der Waals surface area contributed by atoms with Crippen molar-refractivity contribution in [3.05, 3.63) is 122 Å². The van der Waals surface area contributed by atoms with E-state index in [1.165, 1.54) is 11.8 Å². The van der Waals surface area contributed by atoms with Gasteiger partial charge in [-0.3, -0.25) is 9.69 Å². The van der Waals surface area contributed by atoms with Crippen molar-refractivity contribution in [2.45, 2.75) is 13.2 Å². The third-order valence-electron chi connectivity index (χ3n) is 5.32. The second-order valence-corrected chi connectivity index (χ2v) is 10.5. The van der Waals surface area contributed by atoms with Gasteiger partial charge in [0.1, 0.15) is 18.1 Å². The van der Waals surface area contributed by atoms with Crippen LogP contribution < -0.4 is 4.74 Å². The SMILES string of the molecule is O=C1/C(=C/c2ccc(OCc3ccc(Cl)cc3)c(I)c2)SC(=Nc2ccccc2)N1Cc1ccco1. The van der Waals surface area contributed by atoms with E-state index in [0.29, 0.717) is 34.0 Å². The van der Waals surface area contributed by atoms with Gasteiger partial charge in [-0.15, -0.1) is 0 Å². The summed E-state index contributed by atoms with van der Waals surface area (Å²) in [4.78, 5) is 20.3. The number of thioether (sulfide) groups is 1. The number of hydrogen-bond donors (Lipinski definition) is 0. The van der Waals surface area contributed by atoms with E-state index in [0.717, 1.165) is 26.1 Å². The molecule has 4 aromatic rings. The molecule has 1 aliphatic rings. The van der Waals surface area contributed by atoms with Gasteiger partial charge in [-0.25, -0.2) is 4.99 Å². The standard InChI is InChI=1S/C28H20ClIN2O3S/c29-21-11-8-19(9-12-21)18-35-25-13-10-20(15-24(25)30)16-26-27(33)32(17-23-7-4-14-34-23)28(36-26)31-22-5-2-1-3-6-22/h1-16H,17-18H2/b26-16-,31-28?. The number of benzene rings is 3. The first-order chi connectivity index (χ1) is 17.5. The fourth-order valence-electron chi connectivity index (χ4n) is 3.52. The number of halogens is 2. The Labute approximate surface area is 232 Å². The topological polar surface area (TPSA) is 55.0 Å². The molecule has 1 aliphatic heterocycles. The van der Waals surface area contributed by atoms with Crippen molar-refractivity contribution in [1.29, 1.82) is 0 Å². The number of carbonyl (C=O) groups is 1. The molecular formula is C28H20ClIN2O3S. The number of nitrogens with zero attached hydrogens (tertiary/aromatic N) is 2. The van der Waals surface area contributed by atoms with E-state index >= 15 is 0 Å². The Hall–Kier alpha value is -3.01. The van der Waals surface area contributed by atoms with E-state index in [2.05, 4.69) is 22.6 Å². The monoisotopic (exact) mass is 626 g/mol. The van der Waals surface area contributed by atoms with Crippen LogP contribution in [-0.4, -0.2) is 16.0 Å². The minimum atomic E-state index is -0.107. The minimum Gasteiger partial charge on any atom is -0.488 e. The van der Waals surface area contributed by atoms with Gasteiger partial charge < -0.3 is 9.15 Å². The van der Waals surface area contributed by atoms with Crippen LogP contribution in [0, 0.1) is 3.57 Å². The molecule has 180 valence electrons. The van der Waals surface area contributed by atoms with Crippen LogP contribution in [-0.2, 0) is 17.9 Å². The second-order valence-electron chi connectivity index (χ2n) is 7.92. The van der Waals surface area contributed by atoms with Gasteiger partial charge in [0, 0.05) is 5.02 Å². The molecule has 0 atom stereocenters. The van der Waals surface area contributed by atoms with Gasteiger partial charge in [-0.1, -0.05) is 48.0 Å². The lowest BCUT2D eigenvalue weighted by atomic mass is 10.2. The highest BCUT2D eigenvalue weighted by molar-refractivity contribution is 14.1. The summed E-state index contributed by atoms with van der Waals surface area (Å²) in [5.74, 6) is 1.37. The molecule has 0 radical (unpaired) electrons. The molecule has 3 aromatic carbocycles. The normalized spacial score (nSPS) is 15.7. The maximum atomic E-state index is 13.4. The van der Waals surface area contributed by atoms with E-state index in [9.17, 15) is 4.79 Å². The van der Waals surface area contributed by atoms with Gasteiger partial charge in [-0.2, -0.15) is 0 Å². The molecule has 2 heterocycles. The average Bonchev–Trinajstić information content (AvgIpc) is 3.50. The Morgan fingerprint density at radius 1 is 1.03 bits per heavy atom. The lowest BCUT2D eigenvalue weighted by Gasteiger charge is -2.13. The zero-order valence-electron chi connectivity index (χ0n) is 18.9. The number of aliphatic imine (C=N–C) groups is 1. The number of para-hydroxylation sites is 1. The van der Waals surface area contributed by atoms with Gasteiger partial charge in [0.05, 0.1) is 27.0 Å². The zero-order chi connectivity index (χ0) is 24.9. The van der Waals surface area contributed by atoms with Gasteiger partial charge in [0.15, 0.2) is 5.17 Å². The Morgan fingerprint density at radius 3 is 2.56 bits per heavy atom. The molecule has 5 nitrogen and oxygen atoms in total. The summed E-state index contributed by atoms with van der Waals surface area (Å²) in [5, 5.41) is 1.32. The molecule has 8 heteroatoms. The number of amidine groups is 1. The first-order valence-corrected chi connectivity index (χ1v) is 13.4. The Bertz CT molecular complexity index is 1420. The number of furan rings is 1. The Morgan fingerprint density at radius 2 is 1.83 bits per heavy atom. The highest BCUT2D eigenvalue weighted by Crippen LogP contribution is 2.36.